The second-order valence-corrected chi connectivity index (χ2v) is 13.3. The van der Waals surface area contributed by atoms with Crippen molar-refractivity contribution in [1.82, 2.24) is 31.2 Å². The Bertz CT molecular complexity index is 1310. The van der Waals surface area contributed by atoms with Crippen LogP contribution in [0.1, 0.15) is 43.5 Å². The van der Waals surface area contributed by atoms with Crippen LogP contribution in [0.3, 0.4) is 0 Å². The third-order valence-electron chi connectivity index (χ3n) is 8.89. The maximum Gasteiger partial charge on any atom is 0.315 e. The first kappa shape index (κ1) is 30.7. The van der Waals surface area contributed by atoms with Crippen molar-refractivity contribution in [2.24, 2.45) is 11.3 Å². The first-order chi connectivity index (χ1) is 20.3. The average Bonchev–Trinajstić information content (AvgIpc) is 3.55. The molecule has 4 amide bonds. The predicted octanol–water partition coefficient (Wildman–Crippen LogP) is 3.25. The van der Waals surface area contributed by atoms with Crippen molar-refractivity contribution in [1.29, 1.82) is 0 Å². The molecule has 1 aromatic heterocycles. The van der Waals surface area contributed by atoms with E-state index >= 15 is 0 Å². The summed E-state index contributed by atoms with van der Waals surface area (Å²) >= 11 is 7.61. The van der Waals surface area contributed by atoms with Crippen LogP contribution in [0.25, 0.3) is 10.2 Å². The Morgan fingerprint density at radius 1 is 1.21 bits per heavy atom. The number of thiazole rings is 1. The number of rotatable bonds is 11. The van der Waals surface area contributed by atoms with Gasteiger partial charge in [0.1, 0.15) is 6.04 Å². The van der Waals surface area contributed by atoms with Crippen LogP contribution in [-0.2, 0) is 20.7 Å². The molecule has 3 fully saturated rings. The Labute approximate surface area is 256 Å². The number of halogens is 1. The molecule has 0 radical (unpaired) electrons. The van der Waals surface area contributed by atoms with Gasteiger partial charge in [-0.15, -0.1) is 11.3 Å². The molecule has 5 rings (SSSR count). The highest BCUT2D eigenvalue weighted by atomic mass is 35.5. The summed E-state index contributed by atoms with van der Waals surface area (Å²) in [7, 11) is 1.52. The minimum absolute atomic E-state index is 0.0796. The van der Waals surface area contributed by atoms with Crippen molar-refractivity contribution in [3.8, 4) is 0 Å². The van der Waals surface area contributed by atoms with Crippen molar-refractivity contribution < 1.29 is 19.1 Å². The number of nitrogens with zero attached hydrogens (tertiary/aromatic N) is 2. The second kappa shape index (κ2) is 13.7. The summed E-state index contributed by atoms with van der Waals surface area (Å²) in [5, 5.41) is 13.1. The fraction of sp³-hybridized carbons (Fsp3) is 0.600. The van der Waals surface area contributed by atoms with Gasteiger partial charge in [0, 0.05) is 61.7 Å². The molecular formula is C30H41ClN6O4S. The SMILES string of the molecule is C=C(CN1CCOCC1)C(=O)NCC1(C2CCCCC2)CC1NC(=O)[C@H](Cc1nc2ccc(Cl)cc2s1)NC(=O)NC. The van der Waals surface area contributed by atoms with Gasteiger partial charge in [-0.2, -0.15) is 0 Å². The molecule has 3 atom stereocenters. The number of aromatic nitrogens is 1. The largest absolute Gasteiger partial charge is 0.379 e. The molecule has 2 heterocycles. The van der Waals surface area contributed by atoms with Gasteiger partial charge in [0.15, 0.2) is 0 Å². The van der Waals surface area contributed by atoms with Crippen LogP contribution in [0.4, 0.5) is 4.79 Å². The minimum atomic E-state index is -0.798. The van der Waals surface area contributed by atoms with E-state index in [1.54, 1.807) is 6.07 Å². The number of hydrogen-bond acceptors (Lipinski definition) is 7. The molecule has 3 aliphatic rings. The molecular weight excluding hydrogens is 576 g/mol. The molecule has 1 aromatic carbocycles. The summed E-state index contributed by atoms with van der Waals surface area (Å²) < 4.78 is 6.34. The molecule has 2 aliphatic carbocycles. The molecule has 2 aromatic rings. The Kier molecular flexibility index (Phi) is 10.0. The number of fused-ring (bicyclic) bond motifs is 1. The number of nitrogens with one attached hydrogen (secondary N) is 4. The van der Waals surface area contributed by atoms with Crippen LogP contribution in [0.5, 0.6) is 0 Å². The molecule has 1 saturated heterocycles. The Morgan fingerprint density at radius 3 is 2.71 bits per heavy atom. The average molecular weight is 617 g/mol. The van der Waals surface area contributed by atoms with E-state index in [0.717, 1.165) is 60.4 Å². The van der Waals surface area contributed by atoms with E-state index in [0.29, 0.717) is 42.8 Å². The molecule has 2 saturated carbocycles. The van der Waals surface area contributed by atoms with Gasteiger partial charge in [-0.05, 0) is 43.4 Å². The molecule has 1 aliphatic heterocycles. The Hall–Kier alpha value is -2.73. The normalized spacial score (nSPS) is 23.6. The fourth-order valence-electron chi connectivity index (χ4n) is 6.38. The van der Waals surface area contributed by atoms with E-state index in [2.05, 4.69) is 37.7 Å². The maximum absolute atomic E-state index is 13.6. The smallest absolute Gasteiger partial charge is 0.315 e. The number of carbonyl (C=O) groups excluding carboxylic acids is 3. The lowest BCUT2D eigenvalue weighted by Crippen LogP contribution is -2.52. The lowest BCUT2D eigenvalue weighted by Gasteiger charge is -2.32. The summed E-state index contributed by atoms with van der Waals surface area (Å²) in [6.07, 6.45) is 6.78. The van der Waals surface area contributed by atoms with Gasteiger partial charge in [-0.3, -0.25) is 14.5 Å². The molecule has 42 heavy (non-hydrogen) atoms. The van der Waals surface area contributed by atoms with Gasteiger partial charge < -0.3 is 26.0 Å². The lowest BCUT2D eigenvalue weighted by molar-refractivity contribution is -0.123. The van der Waals surface area contributed by atoms with E-state index in [-0.39, 0.29) is 29.7 Å². The second-order valence-electron chi connectivity index (χ2n) is 11.7. The van der Waals surface area contributed by atoms with Crippen molar-refractivity contribution in [3.05, 3.63) is 40.4 Å². The maximum atomic E-state index is 13.6. The number of hydrogen-bond donors (Lipinski definition) is 4. The van der Waals surface area contributed by atoms with E-state index in [4.69, 9.17) is 16.3 Å². The summed E-state index contributed by atoms with van der Waals surface area (Å²) in [6.45, 7) is 8.00. The Morgan fingerprint density at radius 2 is 1.98 bits per heavy atom. The molecule has 0 bridgehead atoms. The highest BCUT2D eigenvalue weighted by Crippen LogP contribution is 2.56. The molecule has 10 nitrogen and oxygen atoms in total. The van der Waals surface area contributed by atoms with Gasteiger partial charge >= 0.3 is 6.03 Å². The van der Waals surface area contributed by atoms with Crippen LogP contribution in [-0.4, -0.2) is 86.3 Å². The molecule has 228 valence electrons. The van der Waals surface area contributed by atoms with Gasteiger partial charge in [0.05, 0.1) is 28.4 Å². The zero-order chi connectivity index (χ0) is 29.7. The fourth-order valence-corrected chi connectivity index (χ4v) is 7.66. The summed E-state index contributed by atoms with van der Waals surface area (Å²) in [5.74, 6) is 0.0362. The van der Waals surface area contributed by atoms with Crippen LogP contribution >= 0.6 is 22.9 Å². The Balaban J connectivity index is 1.24. The van der Waals surface area contributed by atoms with Crippen LogP contribution < -0.4 is 21.3 Å². The van der Waals surface area contributed by atoms with Gasteiger partial charge in [-0.25, -0.2) is 9.78 Å². The highest BCUT2D eigenvalue weighted by Gasteiger charge is 2.59. The van der Waals surface area contributed by atoms with Gasteiger partial charge in [0.2, 0.25) is 11.8 Å². The number of amides is 4. The predicted molar refractivity (Wildman–Crippen MR) is 165 cm³/mol. The van der Waals surface area contributed by atoms with Crippen molar-refractivity contribution in [3.63, 3.8) is 0 Å². The number of ether oxygens (including phenoxy) is 1. The molecule has 4 N–H and O–H groups in total. The lowest BCUT2D eigenvalue weighted by atomic mass is 9.77. The molecule has 2 unspecified atom stereocenters. The van der Waals surface area contributed by atoms with Crippen LogP contribution in [0.2, 0.25) is 5.02 Å². The van der Waals surface area contributed by atoms with E-state index in [1.807, 2.05) is 12.1 Å². The monoisotopic (exact) mass is 616 g/mol. The summed E-state index contributed by atoms with van der Waals surface area (Å²) in [6, 6.07) is 4.18. The third kappa shape index (κ3) is 7.42. The summed E-state index contributed by atoms with van der Waals surface area (Å²) in [5.41, 5.74) is 1.15. The summed E-state index contributed by atoms with van der Waals surface area (Å²) in [4.78, 5) is 45.8. The number of morpholine rings is 1. The zero-order valence-electron chi connectivity index (χ0n) is 24.2. The first-order valence-corrected chi connectivity index (χ1v) is 16.1. The number of carbonyl (C=O) groups is 3. The van der Waals surface area contributed by atoms with E-state index in [9.17, 15) is 14.4 Å². The molecule has 12 heteroatoms. The van der Waals surface area contributed by atoms with Crippen molar-refractivity contribution in [2.75, 3.05) is 46.4 Å². The quantitative estimate of drug-likeness (QED) is 0.287. The highest BCUT2D eigenvalue weighted by molar-refractivity contribution is 7.18. The van der Waals surface area contributed by atoms with Crippen LogP contribution in [0, 0.1) is 11.3 Å². The van der Waals surface area contributed by atoms with Crippen molar-refractivity contribution >= 4 is 51.0 Å². The van der Waals surface area contributed by atoms with Gasteiger partial charge in [0.25, 0.3) is 0 Å². The number of benzene rings is 1. The van der Waals surface area contributed by atoms with E-state index in [1.165, 1.54) is 24.8 Å². The standard InChI is InChI=1S/C30H41ClN6O4S/c1-19(17-37-10-12-41-13-11-37)27(38)33-18-30(20-6-4-3-5-7-20)16-25(30)36-28(39)23(35-29(40)32-2)15-26-34-22-9-8-21(31)14-24(22)42-26/h8-9,14,20,23,25H,1,3-7,10-13,15-18H2,2H3,(H,33,38)(H,36,39)(H2,32,35,40)/t23-,25?,30?/m0/s1. The third-order valence-corrected chi connectivity index (χ3v) is 10.2. The van der Waals surface area contributed by atoms with Crippen LogP contribution in [0.15, 0.2) is 30.4 Å². The first-order valence-electron chi connectivity index (χ1n) is 14.9. The minimum Gasteiger partial charge on any atom is -0.379 e. The van der Waals surface area contributed by atoms with Crippen molar-refractivity contribution in [2.45, 2.75) is 57.0 Å². The van der Waals surface area contributed by atoms with Gasteiger partial charge in [-0.1, -0.05) is 37.4 Å². The van der Waals surface area contributed by atoms with E-state index < -0.39 is 12.1 Å². The zero-order valence-corrected chi connectivity index (χ0v) is 25.7. The molecule has 0 spiro atoms. The topological polar surface area (TPSA) is 125 Å². The number of urea groups is 1.